The number of hydrogen-bond donors (Lipinski definition) is 1. The van der Waals surface area contributed by atoms with Crippen molar-refractivity contribution in [2.24, 2.45) is 0 Å². The normalized spacial score (nSPS) is 13.2. The van der Waals surface area contributed by atoms with Crippen molar-refractivity contribution in [2.75, 3.05) is 13.2 Å². The van der Waals surface area contributed by atoms with Crippen LogP contribution in [0, 0.1) is 0 Å². The molecule has 0 spiro atoms. The first-order valence-corrected chi connectivity index (χ1v) is 10.7. The molecular weight excluding hydrogens is 406 g/mol. The predicted molar refractivity (Wildman–Crippen MR) is 118 cm³/mol. The standard InChI is InChI=1S/C24H23N5O3/c1-2-32-24(31)22-18-15-28(23(30)20-13-16-7-3-4-9-19(16)26-20)12-10-21(18)29(27-22)14-17-8-5-6-11-25-17/h3-9,11,13,26H,2,10,12,14-15H2,1H3. The quantitative estimate of drug-likeness (QED) is 0.492. The first-order valence-electron chi connectivity index (χ1n) is 10.7. The number of aromatic amines is 1. The van der Waals surface area contributed by atoms with Crippen molar-refractivity contribution < 1.29 is 14.3 Å². The van der Waals surface area contributed by atoms with Crippen molar-refractivity contribution in [1.82, 2.24) is 24.6 Å². The minimum Gasteiger partial charge on any atom is -0.461 e. The highest BCUT2D eigenvalue weighted by atomic mass is 16.5. The molecule has 3 aromatic heterocycles. The van der Waals surface area contributed by atoms with Gasteiger partial charge in [0.2, 0.25) is 0 Å². The van der Waals surface area contributed by atoms with Crippen LogP contribution in [0.25, 0.3) is 10.9 Å². The second-order valence-corrected chi connectivity index (χ2v) is 7.72. The van der Waals surface area contributed by atoms with Gasteiger partial charge >= 0.3 is 5.97 Å². The van der Waals surface area contributed by atoms with Crippen LogP contribution < -0.4 is 0 Å². The molecular formula is C24H23N5O3. The van der Waals surface area contributed by atoms with E-state index in [1.165, 1.54) is 0 Å². The smallest absolute Gasteiger partial charge is 0.359 e. The summed E-state index contributed by atoms with van der Waals surface area (Å²) >= 11 is 0. The first-order chi connectivity index (χ1) is 15.6. The van der Waals surface area contributed by atoms with Crippen LogP contribution in [0.4, 0.5) is 0 Å². The molecule has 0 saturated carbocycles. The lowest BCUT2D eigenvalue weighted by Crippen LogP contribution is -2.37. The molecule has 8 nitrogen and oxygen atoms in total. The Morgan fingerprint density at radius 1 is 1.16 bits per heavy atom. The minimum absolute atomic E-state index is 0.0980. The molecule has 1 aliphatic rings. The number of hydrogen-bond acceptors (Lipinski definition) is 5. The number of rotatable bonds is 5. The molecule has 0 atom stereocenters. The van der Waals surface area contributed by atoms with Gasteiger partial charge < -0.3 is 14.6 Å². The predicted octanol–water partition coefficient (Wildman–Crippen LogP) is 3.18. The van der Waals surface area contributed by atoms with Crippen LogP contribution in [0.5, 0.6) is 0 Å². The maximum atomic E-state index is 13.2. The number of nitrogens with one attached hydrogen (secondary N) is 1. The molecule has 4 aromatic rings. The average Bonchev–Trinajstić information content (AvgIpc) is 3.41. The van der Waals surface area contributed by atoms with Gasteiger partial charge in [-0.1, -0.05) is 24.3 Å². The number of carbonyl (C=O) groups is 2. The Kier molecular flexibility index (Phi) is 5.18. The number of ether oxygens (including phenoxy) is 1. The van der Waals surface area contributed by atoms with E-state index in [2.05, 4.69) is 15.1 Å². The summed E-state index contributed by atoms with van der Waals surface area (Å²) in [6.45, 7) is 3.33. The zero-order valence-electron chi connectivity index (χ0n) is 17.7. The topological polar surface area (TPSA) is 93.1 Å². The molecule has 1 amide bonds. The molecule has 0 unspecified atom stereocenters. The molecule has 0 saturated heterocycles. The maximum Gasteiger partial charge on any atom is 0.359 e. The van der Waals surface area contributed by atoms with Crippen molar-refractivity contribution in [3.8, 4) is 0 Å². The third kappa shape index (κ3) is 3.64. The number of fused-ring (bicyclic) bond motifs is 2. The van der Waals surface area contributed by atoms with Gasteiger partial charge in [-0.25, -0.2) is 4.79 Å². The third-order valence-electron chi connectivity index (χ3n) is 5.69. The fraction of sp³-hybridized carbons (Fsp3) is 0.250. The van der Waals surface area contributed by atoms with Crippen molar-refractivity contribution in [1.29, 1.82) is 0 Å². The average molecular weight is 429 g/mol. The van der Waals surface area contributed by atoms with Crippen LogP contribution in [0.3, 0.4) is 0 Å². The fourth-order valence-corrected chi connectivity index (χ4v) is 4.16. The third-order valence-corrected chi connectivity index (χ3v) is 5.69. The van der Waals surface area contributed by atoms with E-state index in [-0.39, 0.29) is 18.2 Å². The molecule has 0 fully saturated rings. The number of carbonyl (C=O) groups excluding carboxylic acids is 2. The van der Waals surface area contributed by atoms with E-state index in [0.29, 0.717) is 31.7 Å². The van der Waals surface area contributed by atoms with E-state index in [4.69, 9.17) is 4.74 Å². The fourth-order valence-electron chi connectivity index (χ4n) is 4.16. The maximum absolute atomic E-state index is 13.2. The number of para-hydroxylation sites is 1. The van der Waals surface area contributed by atoms with Gasteiger partial charge in [-0.2, -0.15) is 5.10 Å². The van der Waals surface area contributed by atoms with E-state index in [9.17, 15) is 9.59 Å². The molecule has 32 heavy (non-hydrogen) atoms. The Morgan fingerprint density at radius 2 is 2.00 bits per heavy atom. The molecule has 8 heteroatoms. The molecule has 0 radical (unpaired) electrons. The Labute approximate surface area is 184 Å². The Bertz CT molecular complexity index is 1260. The Morgan fingerprint density at radius 3 is 2.78 bits per heavy atom. The molecule has 1 N–H and O–H groups in total. The van der Waals surface area contributed by atoms with Crippen LogP contribution in [0.1, 0.15) is 44.9 Å². The summed E-state index contributed by atoms with van der Waals surface area (Å²) < 4.78 is 7.05. The van der Waals surface area contributed by atoms with Crippen LogP contribution in [0.15, 0.2) is 54.7 Å². The number of esters is 1. The Balaban J connectivity index is 1.46. The van der Waals surface area contributed by atoms with Crippen molar-refractivity contribution in [3.05, 3.63) is 83.1 Å². The summed E-state index contributed by atoms with van der Waals surface area (Å²) in [7, 11) is 0. The minimum atomic E-state index is -0.469. The SMILES string of the molecule is CCOC(=O)c1nn(Cc2ccccn2)c2c1CN(C(=O)c1cc3ccccc3[nH]1)CC2. The van der Waals surface area contributed by atoms with E-state index in [1.807, 2.05) is 53.2 Å². The lowest BCUT2D eigenvalue weighted by molar-refractivity contribution is 0.0513. The molecule has 0 bridgehead atoms. The monoisotopic (exact) mass is 429 g/mol. The molecule has 0 aliphatic carbocycles. The molecule has 162 valence electrons. The highest BCUT2D eigenvalue weighted by molar-refractivity contribution is 5.98. The van der Waals surface area contributed by atoms with Crippen LogP contribution in [0.2, 0.25) is 0 Å². The second kappa shape index (κ2) is 8.30. The van der Waals surface area contributed by atoms with Gasteiger partial charge in [0.25, 0.3) is 5.91 Å². The highest BCUT2D eigenvalue weighted by Crippen LogP contribution is 2.26. The number of pyridine rings is 1. The lowest BCUT2D eigenvalue weighted by Gasteiger charge is -2.27. The first kappa shape index (κ1) is 20.0. The van der Waals surface area contributed by atoms with Gasteiger partial charge in [-0.3, -0.25) is 14.5 Å². The number of aromatic nitrogens is 4. The van der Waals surface area contributed by atoms with E-state index < -0.39 is 5.97 Å². The molecule has 4 heterocycles. The highest BCUT2D eigenvalue weighted by Gasteiger charge is 2.31. The Hall–Kier alpha value is -3.94. The number of amides is 1. The summed E-state index contributed by atoms with van der Waals surface area (Å²) in [5.41, 5.74) is 4.27. The van der Waals surface area contributed by atoms with E-state index in [1.54, 1.807) is 18.0 Å². The van der Waals surface area contributed by atoms with Gasteiger partial charge in [-0.15, -0.1) is 0 Å². The largest absolute Gasteiger partial charge is 0.461 e. The van der Waals surface area contributed by atoms with Gasteiger partial charge in [0.1, 0.15) is 5.69 Å². The second-order valence-electron chi connectivity index (χ2n) is 7.72. The lowest BCUT2D eigenvalue weighted by atomic mass is 10.0. The van der Waals surface area contributed by atoms with E-state index in [0.717, 1.165) is 27.9 Å². The van der Waals surface area contributed by atoms with Crippen LogP contribution in [-0.4, -0.2) is 49.7 Å². The van der Waals surface area contributed by atoms with Gasteiger partial charge in [-0.05, 0) is 31.2 Å². The molecule has 5 rings (SSSR count). The zero-order valence-corrected chi connectivity index (χ0v) is 17.7. The number of benzene rings is 1. The molecule has 1 aromatic carbocycles. The summed E-state index contributed by atoms with van der Waals surface area (Å²) in [6, 6.07) is 15.4. The van der Waals surface area contributed by atoms with Crippen molar-refractivity contribution >= 4 is 22.8 Å². The summed E-state index contributed by atoms with van der Waals surface area (Å²) in [6.07, 6.45) is 2.33. The van der Waals surface area contributed by atoms with E-state index >= 15 is 0 Å². The summed E-state index contributed by atoms with van der Waals surface area (Å²) in [5.74, 6) is -0.567. The number of H-pyrrole nitrogens is 1. The summed E-state index contributed by atoms with van der Waals surface area (Å²) in [4.78, 5) is 35.2. The van der Waals surface area contributed by atoms with Gasteiger partial charge in [0.05, 0.1) is 25.4 Å². The van der Waals surface area contributed by atoms with Crippen molar-refractivity contribution in [3.63, 3.8) is 0 Å². The van der Waals surface area contributed by atoms with Crippen LogP contribution in [-0.2, 0) is 24.2 Å². The number of nitrogens with zero attached hydrogens (tertiary/aromatic N) is 4. The molecule has 1 aliphatic heterocycles. The zero-order chi connectivity index (χ0) is 22.1. The van der Waals surface area contributed by atoms with Gasteiger partial charge in [0, 0.05) is 41.3 Å². The summed E-state index contributed by atoms with van der Waals surface area (Å²) in [5, 5.41) is 5.55. The van der Waals surface area contributed by atoms with Crippen molar-refractivity contribution in [2.45, 2.75) is 26.4 Å². The van der Waals surface area contributed by atoms with Gasteiger partial charge in [0.15, 0.2) is 5.69 Å². The van der Waals surface area contributed by atoms with Crippen LogP contribution >= 0.6 is 0 Å².